The summed E-state index contributed by atoms with van der Waals surface area (Å²) in [7, 11) is 1.57. The highest BCUT2D eigenvalue weighted by Gasteiger charge is 2.32. The van der Waals surface area contributed by atoms with Crippen molar-refractivity contribution in [2.75, 3.05) is 25.1 Å². The third-order valence-electron chi connectivity index (χ3n) is 4.84. The van der Waals surface area contributed by atoms with Crippen molar-refractivity contribution in [1.29, 1.82) is 10.8 Å². The fourth-order valence-electron chi connectivity index (χ4n) is 3.39. The fourth-order valence-corrected chi connectivity index (χ4v) is 3.52. The number of hydrogen-bond donors (Lipinski definition) is 4. The van der Waals surface area contributed by atoms with E-state index in [4.69, 9.17) is 37.9 Å². The Morgan fingerprint density at radius 1 is 1.29 bits per heavy atom. The topological polar surface area (TPSA) is 128 Å². The fraction of sp³-hybridized carbons (Fsp3) is 0.273. The van der Waals surface area contributed by atoms with Gasteiger partial charge in [0.1, 0.15) is 23.5 Å². The van der Waals surface area contributed by atoms with Gasteiger partial charge >= 0.3 is 0 Å². The smallest absolute Gasteiger partial charge is 0.222 e. The number of nitrogens with two attached hydrogens (primary N) is 1. The number of carbonyl (C=O) groups excluding carboxylic acids is 1. The molecule has 0 bridgehead atoms. The van der Waals surface area contributed by atoms with Gasteiger partial charge in [-0.2, -0.15) is 0 Å². The second-order valence-electron chi connectivity index (χ2n) is 7.03. The van der Waals surface area contributed by atoms with Crippen molar-refractivity contribution in [3.05, 3.63) is 58.6 Å². The molecule has 31 heavy (non-hydrogen) atoms. The van der Waals surface area contributed by atoms with Gasteiger partial charge in [0.25, 0.3) is 0 Å². The molecule has 2 aromatic rings. The summed E-state index contributed by atoms with van der Waals surface area (Å²) in [4.78, 5) is 18.7. The van der Waals surface area contributed by atoms with Gasteiger partial charge < -0.3 is 15.8 Å². The standard InChI is InChI=1S/C22H25ClN6O2/c1-13(25)29-19-8-7-16(31-2)11-17(19)21(14-3-5-15(23)6-4-14)28-18(22(29)26)12-20(30)27-10-9-24/h3-8,11,18,25-26H,9-10,12,24H2,1-2H3,(H,27,30)/t18-/m0/s1. The molecule has 0 aliphatic carbocycles. The number of methoxy groups -OCH3 is 1. The molecule has 0 unspecified atom stereocenters. The van der Waals surface area contributed by atoms with Gasteiger partial charge in [-0.3, -0.25) is 25.5 Å². The predicted molar refractivity (Wildman–Crippen MR) is 124 cm³/mol. The summed E-state index contributed by atoms with van der Waals surface area (Å²) < 4.78 is 5.40. The van der Waals surface area contributed by atoms with Crippen molar-refractivity contribution in [3.8, 4) is 5.75 Å². The highest BCUT2D eigenvalue weighted by molar-refractivity contribution is 6.31. The van der Waals surface area contributed by atoms with E-state index in [1.807, 2.05) is 18.2 Å². The summed E-state index contributed by atoms with van der Waals surface area (Å²) in [6.45, 7) is 2.27. The predicted octanol–water partition coefficient (Wildman–Crippen LogP) is 2.81. The Labute approximate surface area is 186 Å². The molecule has 0 radical (unpaired) electrons. The van der Waals surface area contributed by atoms with E-state index in [9.17, 15) is 4.79 Å². The largest absolute Gasteiger partial charge is 0.497 e. The van der Waals surface area contributed by atoms with Crippen LogP contribution in [0.3, 0.4) is 0 Å². The Balaban J connectivity index is 2.19. The van der Waals surface area contributed by atoms with Crippen LogP contribution in [0.5, 0.6) is 5.75 Å². The van der Waals surface area contributed by atoms with Crippen molar-refractivity contribution in [2.45, 2.75) is 19.4 Å². The van der Waals surface area contributed by atoms with Crippen LogP contribution >= 0.6 is 11.6 Å². The zero-order valence-corrected chi connectivity index (χ0v) is 18.2. The molecule has 5 N–H and O–H groups in total. The van der Waals surface area contributed by atoms with Crippen LogP contribution in [0.4, 0.5) is 5.69 Å². The minimum absolute atomic E-state index is 0.0369. The van der Waals surface area contributed by atoms with Crippen LogP contribution in [0.25, 0.3) is 0 Å². The average molecular weight is 441 g/mol. The molecular weight excluding hydrogens is 416 g/mol. The first-order valence-electron chi connectivity index (χ1n) is 9.78. The van der Waals surface area contributed by atoms with E-state index in [2.05, 4.69) is 5.32 Å². The van der Waals surface area contributed by atoms with E-state index in [0.717, 1.165) is 5.56 Å². The highest BCUT2D eigenvalue weighted by Crippen LogP contribution is 2.33. The molecule has 0 fully saturated rings. The molecule has 1 amide bonds. The lowest BCUT2D eigenvalue weighted by Crippen LogP contribution is -2.42. The van der Waals surface area contributed by atoms with Gasteiger partial charge in [-0.25, -0.2) is 0 Å². The van der Waals surface area contributed by atoms with Gasteiger partial charge in [0, 0.05) is 29.2 Å². The normalized spacial score (nSPS) is 15.6. The van der Waals surface area contributed by atoms with Crippen LogP contribution in [0.1, 0.15) is 24.5 Å². The number of nitrogens with zero attached hydrogens (tertiary/aromatic N) is 2. The third-order valence-corrected chi connectivity index (χ3v) is 5.09. The number of benzodiazepines with no additional fused rings is 1. The maximum Gasteiger partial charge on any atom is 0.222 e. The van der Waals surface area contributed by atoms with E-state index in [1.165, 1.54) is 4.90 Å². The lowest BCUT2D eigenvalue weighted by Gasteiger charge is -2.26. The number of fused-ring (bicyclic) bond motifs is 1. The zero-order chi connectivity index (χ0) is 22.5. The molecule has 0 saturated heterocycles. The molecule has 1 aliphatic rings. The van der Waals surface area contributed by atoms with Crippen LogP contribution in [-0.2, 0) is 4.79 Å². The first-order chi connectivity index (χ1) is 14.8. The number of hydrogen-bond acceptors (Lipinski definition) is 6. The lowest BCUT2D eigenvalue weighted by molar-refractivity contribution is -0.121. The van der Waals surface area contributed by atoms with E-state index < -0.39 is 6.04 Å². The zero-order valence-electron chi connectivity index (χ0n) is 17.4. The van der Waals surface area contributed by atoms with E-state index in [-0.39, 0.29) is 24.0 Å². The van der Waals surface area contributed by atoms with Gasteiger partial charge in [-0.15, -0.1) is 0 Å². The van der Waals surface area contributed by atoms with Gasteiger partial charge in [0.05, 0.1) is 24.9 Å². The van der Waals surface area contributed by atoms with Gasteiger partial charge in [-0.05, 0) is 37.3 Å². The number of halogens is 1. The third kappa shape index (κ3) is 4.92. The molecule has 1 aliphatic heterocycles. The molecule has 9 heteroatoms. The second-order valence-corrected chi connectivity index (χ2v) is 7.47. The maximum atomic E-state index is 12.4. The SMILES string of the molecule is COc1ccc2c(c1)C(c1ccc(Cl)cc1)=N[C@@H](CC(=O)NCCN)C(=N)N2C(C)=N. The van der Waals surface area contributed by atoms with Crippen LogP contribution < -0.4 is 20.7 Å². The Morgan fingerprint density at radius 2 is 2.00 bits per heavy atom. The number of amidine groups is 2. The molecule has 3 rings (SSSR count). The summed E-state index contributed by atoms with van der Waals surface area (Å²) in [5.41, 5.74) is 8.17. The molecule has 1 heterocycles. The first-order valence-corrected chi connectivity index (χ1v) is 10.2. The number of aliphatic imine (C=N–C) groups is 1. The summed E-state index contributed by atoms with van der Waals surface area (Å²) in [5.74, 6) is 0.557. The summed E-state index contributed by atoms with van der Waals surface area (Å²) in [6.07, 6.45) is -0.0369. The van der Waals surface area contributed by atoms with Gasteiger partial charge in [0.2, 0.25) is 5.91 Å². The number of amides is 1. The van der Waals surface area contributed by atoms with Crippen molar-refractivity contribution >= 4 is 40.6 Å². The molecule has 8 nitrogen and oxygen atoms in total. The van der Waals surface area contributed by atoms with Crippen LogP contribution in [0, 0.1) is 10.8 Å². The molecule has 0 aromatic heterocycles. The molecule has 0 spiro atoms. The highest BCUT2D eigenvalue weighted by atomic mass is 35.5. The summed E-state index contributed by atoms with van der Waals surface area (Å²) in [5, 5.41) is 20.4. The molecular formula is C22H25ClN6O2. The van der Waals surface area contributed by atoms with Crippen molar-refractivity contribution < 1.29 is 9.53 Å². The number of rotatable bonds is 6. The second kappa shape index (κ2) is 9.72. The summed E-state index contributed by atoms with van der Waals surface area (Å²) >= 11 is 6.07. The minimum atomic E-state index is -0.790. The maximum absolute atomic E-state index is 12.4. The minimum Gasteiger partial charge on any atom is -0.497 e. The van der Waals surface area contributed by atoms with E-state index >= 15 is 0 Å². The summed E-state index contributed by atoms with van der Waals surface area (Å²) in [6, 6.07) is 11.8. The van der Waals surface area contributed by atoms with Crippen LogP contribution in [0.2, 0.25) is 5.02 Å². The van der Waals surface area contributed by atoms with Crippen LogP contribution in [0.15, 0.2) is 47.5 Å². The Morgan fingerprint density at radius 3 is 2.61 bits per heavy atom. The number of benzene rings is 2. The van der Waals surface area contributed by atoms with Crippen molar-refractivity contribution in [1.82, 2.24) is 5.32 Å². The Kier molecular flexibility index (Phi) is 7.04. The quantitative estimate of drug-likeness (QED) is 0.406. The molecule has 162 valence electrons. The molecule has 0 saturated carbocycles. The van der Waals surface area contributed by atoms with Gasteiger partial charge in [0.15, 0.2) is 0 Å². The van der Waals surface area contributed by atoms with E-state index in [1.54, 1.807) is 38.3 Å². The van der Waals surface area contributed by atoms with Gasteiger partial charge in [-0.1, -0.05) is 23.7 Å². The Bertz CT molecular complexity index is 1030. The number of anilines is 1. The number of ether oxygens (including phenoxy) is 1. The molecule has 1 atom stereocenters. The number of carbonyl (C=O) groups is 1. The van der Waals surface area contributed by atoms with E-state index in [0.29, 0.717) is 40.8 Å². The first kappa shape index (κ1) is 22.5. The monoisotopic (exact) mass is 440 g/mol. The van der Waals surface area contributed by atoms with Crippen LogP contribution in [-0.4, -0.2) is 49.5 Å². The number of nitrogens with one attached hydrogen (secondary N) is 3. The molecule has 2 aromatic carbocycles. The van der Waals surface area contributed by atoms with Crippen molar-refractivity contribution in [2.24, 2.45) is 10.7 Å². The Hall–Kier alpha value is -3.23. The lowest BCUT2D eigenvalue weighted by atomic mass is 9.99. The average Bonchev–Trinajstić information content (AvgIpc) is 2.87. The van der Waals surface area contributed by atoms with Crippen molar-refractivity contribution in [3.63, 3.8) is 0 Å².